The van der Waals surface area contributed by atoms with Gasteiger partial charge in [-0.2, -0.15) is 0 Å². The van der Waals surface area contributed by atoms with Crippen molar-refractivity contribution in [3.05, 3.63) is 46.8 Å². The van der Waals surface area contributed by atoms with Gasteiger partial charge in [0.1, 0.15) is 16.0 Å². The van der Waals surface area contributed by atoms with Gasteiger partial charge in [-0.1, -0.05) is 30.0 Å². The van der Waals surface area contributed by atoms with Crippen LogP contribution in [-0.2, 0) is 0 Å². The maximum absolute atomic E-state index is 4.20. The first-order valence-electron chi connectivity index (χ1n) is 4.47. The lowest BCUT2D eigenvalue weighted by atomic mass is 10.2. The summed E-state index contributed by atoms with van der Waals surface area (Å²) in [5.41, 5.74) is 1.26. The number of nitrogens with zero attached hydrogens (tertiary/aromatic N) is 2. The molecule has 0 aliphatic rings. The zero-order valence-corrected chi connectivity index (χ0v) is 10.5. The molecule has 0 bridgehead atoms. The summed E-state index contributed by atoms with van der Waals surface area (Å²) in [6.45, 7) is 2.10. The maximum Gasteiger partial charge on any atom is 0.118 e. The first-order valence-corrected chi connectivity index (χ1v) is 6.08. The fourth-order valence-electron chi connectivity index (χ4n) is 1.16. The van der Waals surface area contributed by atoms with Crippen LogP contribution >= 0.6 is 27.7 Å². The Hall–Kier alpha value is -0.870. The Bertz CT molecular complexity index is 474. The Labute approximate surface area is 101 Å². The van der Waals surface area contributed by atoms with Crippen molar-refractivity contribution in [2.45, 2.75) is 16.8 Å². The van der Waals surface area contributed by atoms with Crippen LogP contribution in [0.5, 0.6) is 0 Å². The molecule has 0 amide bonds. The summed E-state index contributed by atoms with van der Waals surface area (Å²) in [6.07, 6.45) is 1.56. The molecule has 2 nitrogen and oxygen atoms in total. The molecule has 0 aliphatic heterocycles. The Morgan fingerprint density at radius 1 is 1.20 bits per heavy atom. The normalized spacial score (nSPS) is 10.3. The van der Waals surface area contributed by atoms with Crippen molar-refractivity contribution in [1.29, 1.82) is 0 Å². The molecule has 2 aromatic rings. The average Bonchev–Trinajstić information content (AvgIpc) is 2.22. The van der Waals surface area contributed by atoms with Crippen molar-refractivity contribution in [3.8, 4) is 0 Å². The van der Waals surface area contributed by atoms with Crippen LogP contribution in [0.1, 0.15) is 5.56 Å². The predicted molar refractivity (Wildman–Crippen MR) is 65.0 cm³/mol. The number of rotatable bonds is 2. The van der Waals surface area contributed by atoms with Crippen LogP contribution < -0.4 is 0 Å². The fourth-order valence-corrected chi connectivity index (χ4v) is 2.49. The molecule has 0 atom stereocenters. The number of aryl methyl sites for hydroxylation is 1. The van der Waals surface area contributed by atoms with Crippen LogP contribution in [0, 0.1) is 6.92 Å². The lowest BCUT2D eigenvalue weighted by Gasteiger charge is -2.03. The number of benzene rings is 1. The van der Waals surface area contributed by atoms with Gasteiger partial charge in [0.2, 0.25) is 0 Å². The summed E-state index contributed by atoms with van der Waals surface area (Å²) in [4.78, 5) is 9.42. The zero-order chi connectivity index (χ0) is 10.7. The van der Waals surface area contributed by atoms with E-state index in [0.717, 1.165) is 9.63 Å². The molecular weight excluding hydrogens is 272 g/mol. The Kier molecular flexibility index (Phi) is 3.38. The third-order valence-electron chi connectivity index (χ3n) is 1.92. The lowest BCUT2D eigenvalue weighted by Crippen LogP contribution is -1.84. The first kappa shape index (κ1) is 10.6. The van der Waals surface area contributed by atoms with E-state index in [1.165, 1.54) is 10.5 Å². The SMILES string of the molecule is Cc1ccccc1Sc1cc(Br)ncn1. The van der Waals surface area contributed by atoms with Crippen molar-refractivity contribution in [2.24, 2.45) is 0 Å². The van der Waals surface area contributed by atoms with Gasteiger partial charge in [-0.25, -0.2) is 9.97 Å². The zero-order valence-electron chi connectivity index (χ0n) is 8.14. The smallest absolute Gasteiger partial charge is 0.118 e. The molecule has 0 aliphatic carbocycles. The van der Waals surface area contributed by atoms with Gasteiger partial charge >= 0.3 is 0 Å². The molecule has 4 heteroatoms. The molecule has 0 N–H and O–H groups in total. The van der Waals surface area contributed by atoms with E-state index in [-0.39, 0.29) is 0 Å². The maximum atomic E-state index is 4.20. The van der Waals surface area contributed by atoms with E-state index < -0.39 is 0 Å². The summed E-state index contributed by atoms with van der Waals surface area (Å²) >= 11 is 4.98. The van der Waals surface area contributed by atoms with Crippen molar-refractivity contribution >= 4 is 27.7 Å². The topological polar surface area (TPSA) is 25.8 Å². The molecule has 1 aromatic carbocycles. The van der Waals surface area contributed by atoms with Gasteiger partial charge in [0.25, 0.3) is 0 Å². The van der Waals surface area contributed by atoms with Gasteiger partial charge in [-0.3, -0.25) is 0 Å². The number of hydrogen-bond donors (Lipinski definition) is 0. The number of halogens is 1. The van der Waals surface area contributed by atoms with Crippen LogP contribution in [0.4, 0.5) is 0 Å². The largest absolute Gasteiger partial charge is 0.230 e. The standard InChI is InChI=1S/C11H9BrN2S/c1-8-4-2-3-5-9(8)15-11-6-10(12)13-7-14-11/h2-7H,1H3. The summed E-state index contributed by atoms with van der Waals surface area (Å²) in [7, 11) is 0. The Morgan fingerprint density at radius 3 is 2.73 bits per heavy atom. The minimum absolute atomic E-state index is 0.814. The van der Waals surface area contributed by atoms with Gasteiger partial charge in [0.15, 0.2) is 0 Å². The summed E-state index contributed by atoms with van der Waals surface area (Å²) in [6, 6.07) is 10.2. The molecule has 1 aromatic heterocycles. The van der Waals surface area contributed by atoms with E-state index >= 15 is 0 Å². The van der Waals surface area contributed by atoms with Gasteiger partial charge in [0, 0.05) is 11.0 Å². The molecule has 0 spiro atoms. The molecule has 2 rings (SSSR count). The molecule has 0 unspecified atom stereocenters. The molecule has 15 heavy (non-hydrogen) atoms. The van der Waals surface area contributed by atoms with Crippen LogP contribution in [0.2, 0.25) is 0 Å². The minimum atomic E-state index is 0.814. The van der Waals surface area contributed by atoms with Crippen LogP contribution in [-0.4, -0.2) is 9.97 Å². The van der Waals surface area contributed by atoms with E-state index in [0.29, 0.717) is 0 Å². The number of aromatic nitrogens is 2. The van der Waals surface area contributed by atoms with Gasteiger partial charge in [-0.05, 0) is 34.5 Å². The Balaban J connectivity index is 2.26. The summed E-state index contributed by atoms with van der Waals surface area (Å²) in [5.74, 6) is 0. The molecule has 0 saturated carbocycles. The molecule has 0 radical (unpaired) electrons. The van der Waals surface area contributed by atoms with Crippen molar-refractivity contribution in [2.75, 3.05) is 0 Å². The molecule has 0 fully saturated rings. The third kappa shape index (κ3) is 2.79. The Morgan fingerprint density at radius 2 is 2.00 bits per heavy atom. The highest BCUT2D eigenvalue weighted by Gasteiger charge is 2.01. The van der Waals surface area contributed by atoms with E-state index in [4.69, 9.17) is 0 Å². The van der Waals surface area contributed by atoms with Crippen LogP contribution in [0.25, 0.3) is 0 Å². The van der Waals surface area contributed by atoms with Gasteiger partial charge in [-0.15, -0.1) is 0 Å². The molecule has 1 heterocycles. The first-order chi connectivity index (χ1) is 7.25. The van der Waals surface area contributed by atoms with Crippen LogP contribution in [0.3, 0.4) is 0 Å². The van der Waals surface area contributed by atoms with E-state index in [9.17, 15) is 0 Å². The van der Waals surface area contributed by atoms with Crippen molar-refractivity contribution in [1.82, 2.24) is 9.97 Å². The van der Waals surface area contributed by atoms with Gasteiger partial charge < -0.3 is 0 Å². The quantitative estimate of drug-likeness (QED) is 0.785. The van der Waals surface area contributed by atoms with E-state index in [2.05, 4.69) is 45.0 Å². The van der Waals surface area contributed by atoms with Crippen molar-refractivity contribution in [3.63, 3.8) is 0 Å². The second kappa shape index (κ2) is 4.77. The van der Waals surface area contributed by atoms with Crippen LogP contribution in [0.15, 0.2) is 51.2 Å². The molecule has 0 saturated heterocycles. The second-order valence-corrected chi connectivity index (χ2v) is 4.92. The highest BCUT2D eigenvalue weighted by molar-refractivity contribution is 9.10. The average molecular weight is 281 g/mol. The predicted octanol–water partition coefficient (Wildman–Crippen LogP) is 3.70. The van der Waals surface area contributed by atoms with Crippen molar-refractivity contribution < 1.29 is 0 Å². The van der Waals surface area contributed by atoms with E-state index in [1.807, 2.05) is 18.2 Å². The fraction of sp³-hybridized carbons (Fsp3) is 0.0909. The highest BCUT2D eigenvalue weighted by Crippen LogP contribution is 2.29. The summed E-state index contributed by atoms with van der Waals surface area (Å²) < 4.78 is 0.814. The highest BCUT2D eigenvalue weighted by atomic mass is 79.9. The monoisotopic (exact) mass is 280 g/mol. The lowest BCUT2D eigenvalue weighted by molar-refractivity contribution is 1.03. The van der Waals surface area contributed by atoms with Gasteiger partial charge in [0.05, 0.1) is 0 Å². The van der Waals surface area contributed by atoms with E-state index in [1.54, 1.807) is 18.1 Å². The molecular formula is C11H9BrN2S. The minimum Gasteiger partial charge on any atom is -0.230 e. The third-order valence-corrected chi connectivity index (χ3v) is 3.46. The second-order valence-electron chi connectivity index (χ2n) is 3.05. The molecule has 76 valence electrons. The number of hydrogen-bond acceptors (Lipinski definition) is 3. The summed E-state index contributed by atoms with van der Waals surface area (Å²) in [5, 5.41) is 0.950.